The lowest BCUT2D eigenvalue weighted by molar-refractivity contribution is -0.120. The topological polar surface area (TPSA) is 69.7 Å². The van der Waals surface area contributed by atoms with Crippen molar-refractivity contribution in [3.63, 3.8) is 0 Å². The van der Waals surface area contributed by atoms with Crippen molar-refractivity contribution in [2.75, 3.05) is 36.4 Å². The third-order valence-corrected chi connectivity index (χ3v) is 9.34. The van der Waals surface area contributed by atoms with Crippen LogP contribution >= 0.6 is 0 Å². The molecule has 1 aliphatic carbocycles. The van der Waals surface area contributed by atoms with Crippen LogP contribution in [0.15, 0.2) is 41.3 Å². The van der Waals surface area contributed by atoms with Gasteiger partial charge in [0.2, 0.25) is 15.9 Å². The predicted molar refractivity (Wildman–Crippen MR) is 131 cm³/mol. The quantitative estimate of drug-likeness (QED) is 0.684. The van der Waals surface area contributed by atoms with Crippen LogP contribution in [0.4, 0.5) is 15.8 Å². The first-order valence-corrected chi connectivity index (χ1v) is 13.8. The molecule has 2 aromatic rings. The highest BCUT2D eigenvalue weighted by molar-refractivity contribution is 7.89. The molecule has 2 fully saturated rings. The van der Waals surface area contributed by atoms with E-state index in [9.17, 15) is 17.6 Å². The number of amides is 1. The molecular weight excluding hydrogens is 453 g/mol. The third kappa shape index (κ3) is 4.70. The highest BCUT2D eigenvalue weighted by Crippen LogP contribution is 2.32. The van der Waals surface area contributed by atoms with Crippen molar-refractivity contribution < 1.29 is 17.6 Å². The van der Waals surface area contributed by atoms with Crippen LogP contribution < -0.4 is 10.2 Å². The summed E-state index contributed by atoms with van der Waals surface area (Å²) in [5.41, 5.74) is 3.73. The summed E-state index contributed by atoms with van der Waals surface area (Å²) < 4.78 is 41.9. The molecule has 2 heterocycles. The molecule has 0 aromatic heterocycles. The maximum atomic E-state index is 14.0. The lowest BCUT2D eigenvalue weighted by Gasteiger charge is -2.32. The minimum absolute atomic E-state index is 0.168. The molecular formula is C26H32FN3O3S. The molecule has 3 aliphatic rings. The van der Waals surface area contributed by atoms with Gasteiger partial charge in [0.15, 0.2) is 0 Å². The van der Waals surface area contributed by atoms with Gasteiger partial charge in [0.25, 0.3) is 0 Å². The number of fused-ring (bicyclic) bond motifs is 1. The molecule has 6 nitrogen and oxygen atoms in total. The number of rotatable bonds is 5. The summed E-state index contributed by atoms with van der Waals surface area (Å²) in [4.78, 5) is 15.6. The zero-order valence-corrected chi connectivity index (χ0v) is 20.2. The molecule has 2 saturated heterocycles. The van der Waals surface area contributed by atoms with E-state index in [0.29, 0.717) is 36.5 Å². The summed E-state index contributed by atoms with van der Waals surface area (Å²) in [5, 5.41) is 2.94. The van der Waals surface area contributed by atoms with Crippen LogP contribution in [0, 0.1) is 11.7 Å². The van der Waals surface area contributed by atoms with Gasteiger partial charge in [-0.2, -0.15) is 4.31 Å². The van der Waals surface area contributed by atoms with Gasteiger partial charge in [-0.1, -0.05) is 6.07 Å². The molecule has 182 valence electrons. The summed E-state index contributed by atoms with van der Waals surface area (Å²) in [6.07, 6.45) is 7.27. The molecule has 0 unspecified atom stereocenters. The monoisotopic (exact) mass is 485 g/mol. The maximum absolute atomic E-state index is 14.0. The normalized spacial score (nSPS) is 19.7. The maximum Gasteiger partial charge on any atom is 0.243 e. The molecule has 0 bridgehead atoms. The van der Waals surface area contributed by atoms with Crippen molar-refractivity contribution in [1.29, 1.82) is 0 Å². The summed E-state index contributed by atoms with van der Waals surface area (Å²) in [5.74, 6) is -0.853. The summed E-state index contributed by atoms with van der Waals surface area (Å²) in [7, 11) is -3.57. The second-order valence-corrected chi connectivity index (χ2v) is 11.6. The first-order valence-electron chi connectivity index (χ1n) is 12.4. The highest BCUT2D eigenvalue weighted by atomic mass is 32.2. The van der Waals surface area contributed by atoms with Crippen molar-refractivity contribution in [1.82, 2.24) is 4.31 Å². The fourth-order valence-electron chi connectivity index (χ4n) is 5.47. The number of sulfonamides is 1. The molecule has 8 heteroatoms. The van der Waals surface area contributed by atoms with Crippen LogP contribution in [0.3, 0.4) is 0 Å². The van der Waals surface area contributed by atoms with Crippen molar-refractivity contribution in [2.24, 2.45) is 5.92 Å². The van der Waals surface area contributed by atoms with Gasteiger partial charge in [-0.05, 0) is 92.8 Å². The fourth-order valence-corrected chi connectivity index (χ4v) is 6.99. The largest absolute Gasteiger partial charge is 0.370 e. The van der Waals surface area contributed by atoms with E-state index in [1.165, 1.54) is 28.4 Å². The average Bonchev–Trinajstić information content (AvgIpc) is 3.33. The molecule has 0 radical (unpaired) electrons. The zero-order chi connectivity index (χ0) is 23.7. The van der Waals surface area contributed by atoms with Crippen LogP contribution in [0.2, 0.25) is 0 Å². The third-order valence-electron chi connectivity index (χ3n) is 7.45. The molecule has 2 aromatic carbocycles. The van der Waals surface area contributed by atoms with Gasteiger partial charge < -0.3 is 10.2 Å². The number of carbonyl (C=O) groups is 1. The standard InChI is InChI=1S/C26H32FN3O3S/c27-22-8-10-25(29-13-2-1-3-14-29)24(18-22)28-26(31)20-11-15-30(16-12-20)34(32,33)23-9-7-19-5-4-6-21(19)17-23/h7-10,17-18,20H,1-6,11-16H2,(H,28,31). The van der Waals surface area contributed by atoms with Gasteiger partial charge in [0.05, 0.1) is 16.3 Å². The number of carbonyl (C=O) groups excluding carboxylic acids is 1. The van der Waals surface area contributed by atoms with Gasteiger partial charge in [-0.25, -0.2) is 12.8 Å². The van der Waals surface area contributed by atoms with Crippen molar-refractivity contribution in [2.45, 2.75) is 56.3 Å². The number of anilines is 2. The summed E-state index contributed by atoms with van der Waals surface area (Å²) >= 11 is 0. The number of piperidine rings is 2. The van der Waals surface area contributed by atoms with E-state index in [4.69, 9.17) is 0 Å². The minimum atomic E-state index is -3.57. The van der Waals surface area contributed by atoms with Gasteiger partial charge >= 0.3 is 0 Å². The molecule has 5 rings (SSSR count). The molecule has 0 atom stereocenters. The number of nitrogens with zero attached hydrogens (tertiary/aromatic N) is 2. The molecule has 2 aliphatic heterocycles. The lowest BCUT2D eigenvalue weighted by atomic mass is 9.97. The number of nitrogens with one attached hydrogen (secondary N) is 1. The zero-order valence-electron chi connectivity index (χ0n) is 19.4. The Hall–Kier alpha value is -2.45. The molecule has 0 saturated carbocycles. The van der Waals surface area contributed by atoms with Crippen LogP contribution in [-0.2, 0) is 27.7 Å². The molecule has 1 N–H and O–H groups in total. The van der Waals surface area contributed by atoms with Crippen LogP contribution in [-0.4, -0.2) is 44.8 Å². The number of halogens is 1. The van der Waals surface area contributed by atoms with Crippen molar-refractivity contribution >= 4 is 27.3 Å². The lowest BCUT2D eigenvalue weighted by Crippen LogP contribution is -2.41. The van der Waals surface area contributed by atoms with E-state index in [1.54, 1.807) is 12.1 Å². The van der Waals surface area contributed by atoms with Crippen LogP contribution in [0.1, 0.15) is 49.7 Å². The number of hydrogen-bond donors (Lipinski definition) is 1. The Balaban J connectivity index is 1.24. The van der Waals surface area contributed by atoms with E-state index in [1.807, 2.05) is 12.1 Å². The molecule has 34 heavy (non-hydrogen) atoms. The smallest absolute Gasteiger partial charge is 0.243 e. The second-order valence-electron chi connectivity index (χ2n) is 9.66. The number of benzene rings is 2. The van der Waals surface area contributed by atoms with Gasteiger partial charge in [0.1, 0.15) is 5.82 Å². The van der Waals surface area contributed by atoms with Gasteiger partial charge in [-0.15, -0.1) is 0 Å². The fraction of sp³-hybridized carbons (Fsp3) is 0.500. The van der Waals surface area contributed by atoms with Gasteiger partial charge in [0, 0.05) is 32.1 Å². The van der Waals surface area contributed by atoms with Crippen LogP contribution in [0.25, 0.3) is 0 Å². The summed E-state index contributed by atoms with van der Waals surface area (Å²) in [6.45, 7) is 2.40. The van der Waals surface area contributed by atoms with E-state index in [0.717, 1.165) is 56.4 Å². The minimum Gasteiger partial charge on any atom is -0.370 e. The SMILES string of the molecule is O=C(Nc1cc(F)ccc1N1CCCCC1)C1CCN(S(=O)(=O)c2ccc3c(c2)CCC3)CC1. The van der Waals surface area contributed by atoms with E-state index in [2.05, 4.69) is 10.2 Å². The average molecular weight is 486 g/mol. The van der Waals surface area contributed by atoms with Crippen molar-refractivity contribution in [3.05, 3.63) is 53.3 Å². The van der Waals surface area contributed by atoms with Crippen LogP contribution in [0.5, 0.6) is 0 Å². The highest BCUT2D eigenvalue weighted by Gasteiger charge is 2.33. The Bertz CT molecular complexity index is 1170. The van der Waals surface area contributed by atoms with E-state index < -0.39 is 10.0 Å². The van der Waals surface area contributed by atoms with Crippen molar-refractivity contribution in [3.8, 4) is 0 Å². The number of hydrogen-bond acceptors (Lipinski definition) is 4. The molecule has 0 spiro atoms. The Labute approximate surface area is 201 Å². The second kappa shape index (κ2) is 9.66. The van der Waals surface area contributed by atoms with E-state index in [-0.39, 0.29) is 17.6 Å². The van der Waals surface area contributed by atoms with E-state index >= 15 is 0 Å². The Morgan fingerprint density at radius 3 is 2.38 bits per heavy atom. The Kier molecular flexibility index (Phi) is 6.62. The number of aryl methyl sites for hydroxylation is 2. The summed E-state index contributed by atoms with van der Waals surface area (Å²) in [6, 6.07) is 10.0. The Morgan fingerprint density at radius 1 is 0.882 bits per heavy atom. The Morgan fingerprint density at radius 2 is 1.62 bits per heavy atom. The predicted octanol–water partition coefficient (Wildman–Crippen LogP) is 4.34. The molecule has 1 amide bonds. The van der Waals surface area contributed by atoms with Gasteiger partial charge in [-0.3, -0.25) is 4.79 Å². The first kappa shape index (κ1) is 23.3. The first-order chi connectivity index (χ1) is 16.4.